The van der Waals surface area contributed by atoms with Crippen LogP contribution in [0.3, 0.4) is 0 Å². The lowest BCUT2D eigenvalue weighted by atomic mass is 10.1. The normalized spacial score (nSPS) is 20.2. The Balaban J connectivity index is 1.60. The van der Waals surface area contributed by atoms with E-state index in [9.17, 15) is 9.18 Å². The van der Waals surface area contributed by atoms with Crippen LogP contribution in [0, 0.1) is 5.82 Å². The summed E-state index contributed by atoms with van der Waals surface area (Å²) in [5.41, 5.74) is 1.72. The molecule has 0 saturated carbocycles. The lowest BCUT2D eigenvalue weighted by Crippen LogP contribution is -2.37. The maximum Gasteiger partial charge on any atom is 0.254 e. The number of nitrogens with one attached hydrogen (secondary N) is 2. The molecule has 8 nitrogen and oxygen atoms in total. The van der Waals surface area contributed by atoms with Gasteiger partial charge >= 0.3 is 0 Å². The number of benzene rings is 1. The van der Waals surface area contributed by atoms with Crippen LogP contribution in [0.4, 0.5) is 4.39 Å². The highest BCUT2D eigenvalue weighted by atomic mass is 19.1. The first-order valence-corrected chi connectivity index (χ1v) is 8.11. The van der Waals surface area contributed by atoms with Crippen molar-refractivity contribution >= 4 is 16.9 Å². The van der Waals surface area contributed by atoms with Crippen molar-refractivity contribution < 1.29 is 13.9 Å². The van der Waals surface area contributed by atoms with Crippen LogP contribution >= 0.6 is 0 Å². The molecule has 0 radical (unpaired) electrons. The number of fused-ring (bicyclic) bond motifs is 1. The summed E-state index contributed by atoms with van der Waals surface area (Å²) in [4.78, 5) is 12.7. The molecule has 9 heteroatoms. The Hall–Kier alpha value is -2.81. The van der Waals surface area contributed by atoms with Gasteiger partial charge in [-0.25, -0.2) is 4.39 Å². The second kappa shape index (κ2) is 6.25. The highest BCUT2D eigenvalue weighted by Crippen LogP contribution is 2.29. The molecule has 1 aliphatic heterocycles. The van der Waals surface area contributed by atoms with Crippen LogP contribution in [0.15, 0.2) is 24.4 Å². The van der Waals surface area contributed by atoms with Gasteiger partial charge in [-0.15, -0.1) is 0 Å². The topological polar surface area (TPSA) is 97.7 Å². The summed E-state index contributed by atoms with van der Waals surface area (Å²) in [6.45, 7) is 3.24. The number of halogens is 1. The molecule has 0 bridgehead atoms. The van der Waals surface area contributed by atoms with E-state index >= 15 is 0 Å². The molecule has 2 N–H and O–H groups in total. The number of carbonyl (C=O) groups excluding carboxylic acids is 1. The molecular formula is C16H17FN6O2. The molecule has 0 unspecified atom stereocenters. The molecular weight excluding hydrogens is 327 g/mol. The molecule has 3 heterocycles. The van der Waals surface area contributed by atoms with E-state index in [-0.39, 0.29) is 17.7 Å². The number of hydrogen-bond acceptors (Lipinski definition) is 5. The first-order valence-electron chi connectivity index (χ1n) is 8.11. The van der Waals surface area contributed by atoms with Crippen molar-refractivity contribution in [3.05, 3.63) is 41.5 Å². The zero-order valence-electron chi connectivity index (χ0n) is 13.6. The average molecular weight is 344 g/mol. The zero-order chi connectivity index (χ0) is 17.4. The van der Waals surface area contributed by atoms with Gasteiger partial charge in [0.25, 0.3) is 5.91 Å². The third kappa shape index (κ3) is 2.76. The fraction of sp³-hybridized carbons (Fsp3) is 0.375. The third-order valence-electron chi connectivity index (χ3n) is 4.38. The van der Waals surface area contributed by atoms with Crippen molar-refractivity contribution in [1.82, 2.24) is 30.5 Å². The van der Waals surface area contributed by atoms with Crippen molar-refractivity contribution in [2.45, 2.75) is 32.0 Å². The van der Waals surface area contributed by atoms with Gasteiger partial charge < -0.3 is 10.1 Å². The molecule has 1 aliphatic rings. The molecule has 0 spiro atoms. The quantitative estimate of drug-likeness (QED) is 0.749. The number of H-pyrrole nitrogens is 1. The van der Waals surface area contributed by atoms with Crippen LogP contribution in [0.25, 0.3) is 11.0 Å². The molecule has 2 aromatic heterocycles. The number of nitrogens with zero attached hydrogens (tertiary/aromatic N) is 4. The zero-order valence-corrected chi connectivity index (χ0v) is 13.6. The molecule has 25 heavy (non-hydrogen) atoms. The molecule has 4 rings (SSSR count). The van der Waals surface area contributed by atoms with Crippen molar-refractivity contribution in [3.63, 3.8) is 0 Å². The standard InChI is InChI=1S/C16H17FN6O2/c1-2-23-13(3-5-18-23)15-11(4-6-25-15)19-16(24)10-7-9(17)8-12-14(10)21-22-20-12/h3,5,7-8,11,15H,2,4,6H2,1H3,(H,19,24)(H,20,21,22)/t11-,15-/m0/s1. The Morgan fingerprint density at radius 2 is 2.36 bits per heavy atom. The molecule has 1 fully saturated rings. The number of amides is 1. The van der Waals surface area contributed by atoms with Gasteiger partial charge in [0.15, 0.2) is 0 Å². The fourth-order valence-corrected chi connectivity index (χ4v) is 3.21. The van der Waals surface area contributed by atoms with Crippen molar-refractivity contribution in [2.24, 2.45) is 0 Å². The van der Waals surface area contributed by atoms with Gasteiger partial charge in [-0.2, -0.15) is 20.5 Å². The second-order valence-corrected chi connectivity index (χ2v) is 5.88. The predicted molar refractivity (Wildman–Crippen MR) is 86.3 cm³/mol. The lowest BCUT2D eigenvalue weighted by molar-refractivity contribution is 0.0789. The van der Waals surface area contributed by atoms with Crippen molar-refractivity contribution in [2.75, 3.05) is 6.61 Å². The first-order chi connectivity index (χ1) is 12.2. The Morgan fingerprint density at radius 3 is 3.20 bits per heavy atom. The van der Waals surface area contributed by atoms with Crippen LogP contribution in [-0.2, 0) is 11.3 Å². The van der Waals surface area contributed by atoms with E-state index in [0.717, 1.165) is 5.69 Å². The molecule has 1 amide bonds. The second-order valence-electron chi connectivity index (χ2n) is 5.88. The Kier molecular flexibility index (Phi) is 3.92. The molecule has 1 aromatic carbocycles. The highest BCUT2D eigenvalue weighted by molar-refractivity contribution is 6.04. The van der Waals surface area contributed by atoms with Crippen molar-refractivity contribution in [3.8, 4) is 0 Å². The number of aromatic amines is 1. The maximum atomic E-state index is 13.7. The summed E-state index contributed by atoms with van der Waals surface area (Å²) >= 11 is 0. The van der Waals surface area contributed by atoms with E-state index < -0.39 is 11.7 Å². The van der Waals surface area contributed by atoms with Crippen LogP contribution in [0.2, 0.25) is 0 Å². The molecule has 0 aliphatic carbocycles. The SMILES string of the molecule is CCn1nccc1[C@H]1OCC[C@@H]1NC(=O)c1cc(F)cc2n[nH]nc12. The summed E-state index contributed by atoms with van der Waals surface area (Å²) in [5.74, 6) is -0.934. The minimum atomic E-state index is -0.533. The average Bonchev–Trinajstić information content (AvgIpc) is 3.33. The fourth-order valence-electron chi connectivity index (χ4n) is 3.21. The minimum absolute atomic E-state index is 0.151. The molecule has 2 atom stereocenters. The largest absolute Gasteiger partial charge is 0.370 e. The predicted octanol–water partition coefficient (Wildman–Crippen LogP) is 1.57. The molecule has 3 aromatic rings. The van der Waals surface area contributed by atoms with E-state index in [0.29, 0.717) is 30.6 Å². The van der Waals surface area contributed by atoms with Crippen LogP contribution < -0.4 is 5.32 Å². The first kappa shape index (κ1) is 15.7. The van der Waals surface area contributed by atoms with Crippen LogP contribution in [0.1, 0.15) is 35.5 Å². The summed E-state index contributed by atoms with van der Waals surface area (Å²) in [5, 5.41) is 17.4. The summed E-state index contributed by atoms with van der Waals surface area (Å²) in [7, 11) is 0. The molecule has 130 valence electrons. The minimum Gasteiger partial charge on any atom is -0.370 e. The van der Waals surface area contributed by atoms with E-state index in [1.54, 1.807) is 6.20 Å². The van der Waals surface area contributed by atoms with E-state index in [2.05, 4.69) is 25.8 Å². The van der Waals surface area contributed by atoms with Gasteiger partial charge in [-0.1, -0.05) is 0 Å². The van der Waals surface area contributed by atoms with Gasteiger partial charge in [0, 0.05) is 25.4 Å². The summed E-state index contributed by atoms with van der Waals surface area (Å²) in [6.07, 6.45) is 2.10. The van der Waals surface area contributed by atoms with Crippen molar-refractivity contribution in [1.29, 1.82) is 0 Å². The van der Waals surface area contributed by atoms with E-state index in [1.165, 1.54) is 12.1 Å². The van der Waals surface area contributed by atoms with Gasteiger partial charge in [0.1, 0.15) is 23.0 Å². The number of aromatic nitrogens is 5. The van der Waals surface area contributed by atoms with Crippen LogP contribution in [-0.4, -0.2) is 43.7 Å². The number of aryl methyl sites for hydroxylation is 1. The number of hydrogen-bond donors (Lipinski definition) is 2. The number of ether oxygens (including phenoxy) is 1. The number of carbonyl (C=O) groups is 1. The van der Waals surface area contributed by atoms with Gasteiger partial charge in [-0.05, 0) is 25.5 Å². The van der Waals surface area contributed by atoms with Gasteiger partial charge in [0.2, 0.25) is 0 Å². The molecule has 1 saturated heterocycles. The Labute approximate surface area is 142 Å². The summed E-state index contributed by atoms with van der Waals surface area (Å²) in [6, 6.07) is 4.06. The van der Waals surface area contributed by atoms with Gasteiger partial charge in [-0.3, -0.25) is 9.48 Å². The Morgan fingerprint density at radius 1 is 1.48 bits per heavy atom. The van der Waals surface area contributed by atoms with E-state index in [4.69, 9.17) is 4.74 Å². The third-order valence-corrected chi connectivity index (χ3v) is 4.38. The van der Waals surface area contributed by atoms with Gasteiger partial charge in [0.05, 0.1) is 17.3 Å². The smallest absolute Gasteiger partial charge is 0.254 e. The highest BCUT2D eigenvalue weighted by Gasteiger charge is 2.33. The van der Waals surface area contributed by atoms with E-state index in [1.807, 2.05) is 17.7 Å². The number of rotatable bonds is 4. The van der Waals surface area contributed by atoms with Crippen LogP contribution in [0.5, 0.6) is 0 Å². The Bertz CT molecular complexity index is 920. The maximum absolute atomic E-state index is 13.7. The lowest BCUT2D eigenvalue weighted by Gasteiger charge is -2.20. The summed E-state index contributed by atoms with van der Waals surface area (Å²) < 4.78 is 21.4. The monoisotopic (exact) mass is 344 g/mol.